The van der Waals surface area contributed by atoms with E-state index < -0.39 is 21.3 Å². The van der Waals surface area contributed by atoms with Crippen LogP contribution in [0.5, 0.6) is 0 Å². The molecule has 0 rings (SSSR count). The number of carbonyl (C=O) groups is 2. The second-order valence-electron chi connectivity index (χ2n) is 1.97. The van der Waals surface area contributed by atoms with Crippen molar-refractivity contribution in [2.45, 2.75) is 9.36 Å². The van der Waals surface area contributed by atoms with Crippen molar-refractivity contribution in [3.8, 4) is 0 Å². The van der Waals surface area contributed by atoms with E-state index >= 15 is 0 Å². The van der Waals surface area contributed by atoms with Crippen LogP contribution in [-0.2, 0) is 14.3 Å². The fourth-order valence-corrected chi connectivity index (χ4v) is 0.569. The molecule has 1 N–H and O–H groups in total. The molecule has 0 spiro atoms. The van der Waals surface area contributed by atoms with Gasteiger partial charge in [-0.1, -0.05) is 46.4 Å². The summed E-state index contributed by atoms with van der Waals surface area (Å²) < 4.78 is 2.38. The molecule has 1 unspecified atom stereocenters. The Morgan fingerprint density at radius 2 is 1.79 bits per heavy atom. The normalized spacial score (nSPS) is 14.0. The molecular weight excluding hydrogens is 278 g/mol. The van der Waals surface area contributed by atoms with Gasteiger partial charge < -0.3 is 9.84 Å². The Hall–Kier alpha value is -0.160. The number of esters is 1. The molecule has 14 heavy (non-hydrogen) atoms. The van der Waals surface area contributed by atoms with Crippen LogP contribution in [0.4, 0.5) is 0 Å². The fraction of sp³-hybridized carbons (Fsp3) is 0.333. The van der Waals surface area contributed by atoms with Crippen LogP contribution in [0, 0.1) is 0 Å². The SMILES string of the molecule is O=C(O)/C=C/C(=O)OC(Cl)C(Cl)(Cl)Cl. The van der Waals surface area contributed by atoms with E-state index in [0.717, 1.165) is 0 Å². The molecule has 0 aliphatic carbocycles. The van der Waals surface area contributed by atoms with Gasteiger partial charge in [0.1, 0.15) is 0 Å². The summed E-state index contributed by atoms with van der Waals surface area (Å²) in [5.74, 6) is -2.32. The van der Waals surface area contributed by atoms with Crippen molar-refractivity contribution in [2.75, 3.05) is 0 Å². The van der Waals surface area contributed by atoms with Gasteiger partial charge >= 0.3 is 11.9 Å². The van der Waals surface area contributed by atoms with Crippen LogP contribution in [0.15, 0.2) is 12.2 Å². The zero-order valence-corrected chi connectivity index (χ0v) is 9.44. The molecule has 0 aromatic heterocycles. The smallest absolute Gasteiger partial charge is 0.332 e. The highest BCUT2D eigenvalue weighted by Gasteiger charge is 2.33. The maximum Gasteiger partial charge on any atom is 0.332 e. The van der Waals surface area contributed by atoms with E-state index in [9.17, 15) is 9.59 Å². The lowest BCUT2D eigenvalue weighted by Crippen LogP contribution is -2.25. The van der Waals surface area contributed by atoms with Gasteiger partial charge in [0, 0.05) is 12.2 Å². The highest BCUT2D eigenvalue weighted by Crippen LogP contribution is 2.34. The van der Waals surface area contributed by atoms with Crippen molar-refractivity contribution in [1.29, 1.82) is 0 Å². The summed E-state index contributed by atoms with van der Waals surface area (Å²) >= 11 is 21.2. The van der Waals surface area contributed by atoms with Crippen molar-refractivity contribution >= 4 is 58.3 Å². The number of ether oxygens (including phenoxy) is 1. The van der Waals surface area contributed by atoms with Gasteiger partial charge in [-0.15, -0.1) is 0 Å². The topological polar surface area (TPSA) is 63.6 Å². The summed E-state index contributed by atoms with van der Waals surface area (Å²) in [5.41, 5.74) is -1.49. The second-order valence-corrected chi connectivity index (χ2v) is 4.73. The maximum atomic E-state index is 10.8. The Bertz CT molecular complexity index is 257. The van der Waals surface area contributed by atoms with Crippen molar-refractivity contribution in [3.05, 3.63) is 12.2 Å². The van der Waals surface area contributed by atoms with Crippen molar-refractivity contribution in [2.24, 2.45) is 0 Å². The van der Waals surface area contributed by atoms with Crippen molar-refractivity contribution in [3.63, 3.8) is 0 Å². The predicted octanol–water partition coefficient (Wildman–Crippen LogP) is 2.11. The summed E-state index contributed by atoms with van der Waals surface area (Å²) in [4.78, 5) is 20.8. The quantitative estimate of drug-likeness (QED) is 0.489. The number of carboxylic acid groups (broad SMARTS) is 1. The molecule has 0 aromatic carbocycles. The van der Waals surface area contributed by atoms with Crippen LogP contribution in [0.3, 0.4) is 0 Å². The Balaban J connectivity index is 4.14. The lowest BCUT2D eigenvalue weighted by molar-refractivity contribution is -0.140. The van der Waals surface area contributed by atoms with E-state index in [1.54, 1.807) is 0 Å². The molecule has 4 nitrogen and oxygen atoms in total. The molecule has 0 saturated carbocycles. The minimum absolute atomic E-state index is 0.574. The number of halogens is 4. The van der Waals surface area contributed by atoms with Crippen molar-refractivity contribution < 1.29 is 19.4 Å². The number of aliphatic carboxylic acids is 1. The summed E-state index contributed by atoms with van der Waals surface area (Å²) in [6.45, 7) is 0. The minimum atomic E-state index is -1.96. The third-order valence-electron chi connectivity index (χ3n) is 0.839. The average Bonchev–Trinajstić information content (AvgIpc) is 1.99. The molecule has 0 radical (unpaired) electrons. The van der Waals surface area contributed by atoms with Crippen LogP contribution in [0.2, 0.25) is 0 Å². The fourth-order valence-electron chi connectivity index (χ4n) is 0.347. The molecule has 1 atom stereocenters. The van der Waals surface area contributed by atoms with Crippen LogP contribution >= 0.6 is 46.4 Å². The molecular formula is C6H4Cl4O4. The van der Waals surface area contributed by atoms with Gasteiger partial charge in [0.25, 0.3) is 0 Å². The van der Waals surface area contributed by atoms with Gasteiger partial charge in [-0.2, -0.15) is 0 Å². The first kappa shape index (κ1) is 13.8. The maximum absolute atomic E-state index is 10.8. The number of hydrogen-bond donors (Lipinski definition) is 1. The van der Waals surface area contributed by atoms with Crippen LogP contribution in [0.1, 0.15) is 0 Å². The first-order chi connectivity index (χ1) is 6.23. The highest BCUT2D eigenvalue weighted by molar-refractivity contribution is 6.70. The van der Waals surface area contributed by atoms with Crippen LogP contribution in [0.25, 0.3) is 0 Å². The van der Waals surface area contributed by atoms with Crippen LogP contribution < -0.4 is 0 Å². The number of hydrogen-bond acceptors (Lipinski definition) is 3. The third-order valence-corrected chi connectivity index (χ3v) is 2.19. The Kier molecular flexibility index (Phi) is 5.59. The summed E-state index contributed by atoms with van der Waals surface area (Å²) in [6.07, 6.45) is 1.22. The van der Waals surface area contributed by atoms with E-state index in [0.29, 0.717) is 12.2 Å². The lowest BCUT2D eigenvalue weighted by Gasteiger charge is -2.16. The average molecular weight is 282 g/mol. The highest BCUT2D eigenvalue weighted by atomic mass is 35.6. The first-order valence-corrected chi connectivity index (χ1v) is 4.63. The monoisotopic (exact) mass is 280 g/mol. The van der Waals surface area contributed by atoms with E-state index in [4.69, 9.17) is 51.5 Å². The molecule has 0 fully saturated rings. The zero-order valence-electron chi connectivity index (χ0n) is 6.42. The minimum Gasteiger partial charge on any atom is -0.478 e. The molecule has 0 amide bonds. The Morgan fingerprint density at radius 3 is 2.14 bits per heavy atom. The predicted molar refractivity (Wildman–Crippen MR) is 52.8 cm³/mol. The molecule has 80 valence electrons. The molecule has 0 aliphatic rings. The number of alkyl halides is 4. The molecule has 0 bridgehead atoms. The van der Waals surface area contributed by atoms with Crippen molar-refractivity contribution in [1.82, 2.24) is 0 Å². The van der Waals surface area contributed by atoms with Gasteiger partial charge in [-0.25, -0.2) is 9.59 Å². The Morgan fingerprint density at radius 1 is 1.29 bits per heavy atom. The van der Waals surface area contributed by atoms with E-state index in [-0.39, 0.29) is 0 Å². The summed E-state index contributed by atoms with van der Waals surface area (Å²) in [5, 5.41) is 8.15. The van der Waals surface area contributed by atoms with Gasteiger partial charge in [0.05, 0.1) is 0 Å². The number of carbonyl (C=O) groups excluding carboxylic acids is 1. The third kappa shape index (κ3) is 6.32. The largest absolute Gasteiger partial charge is 0.478 e. The van der Waals surface area contributed by atoms with Gasteiger partial charge in [-0.3, -0.25) is 0 Å². The standard InChI is InChI=1S/C6H4Cl4O4/c7-5(6(8,9)10)14-4(13)2-1-3(11)12/h1-2,5H,(H,11,12)/b2-1+. The molecule has 0 aromatic rings. The van der Waals surface area contributed by atoms with Gasteiger partial charge in [0.2, 0.25) is 9.36 Å². The molecule has 0 heterocycles. The molecule has 8 heteroatoms. The molecule has 0 aliphatic heterocycles. The van der Waals surface area contributed by atoms with Gasteiger partial charge in [0.15, 0.2) is 0 Å². The lowest BCUT2D eigenvalue weighted by atomic mass is 10.5. The Labute approximate surface area is 99.3 Å². The summed E-state index contributed by atoms with van der Waals surface area (Å²) in [6, 6.07) is 0. The number of carboxylic acids is 1. The first-order valence-electron chi connectivity index (χ1n) is 3.06. The summed E-state index contributed by atoms with van der Waals surface area (Å²) in [7, 11) is 0. The van der Waals surface area contributed by atoms with E-state index in [2.05, 4.69) is 4.74 Å². The molecule has 0 saturated heterocycles. The second kappa shape index (κ2) is 5.66. The van der Waals surface area contributed by atoms with Crippen LogP contribution in [-0.4, -0.2) is 26.4 Å². The zero-order chi connectivity index (χ0) is 11.4. The van der Waals surface area contributed by atoms with E-state index in [1.165, 1.54) is 0 Å². The number of rotatable bonds is 3. The van der Waals surface area contributed by atoms with E-state index in [1.807, 2.05) is 0 Å². The van der Waals surface area contributed by atoms with Gasteiger partial charge in [-0.05, 0) is 0 Å².